The molecule has 0 aromatic heterocycles. The Morgan fingerprint density at radius 2 is 1.78 bits per heavy atom. The van der Waals surface area contributed by atoms with Crippen LogP contribution in [0.5, 0.6) is 0 Å². The number of fused-ring (bicyclic) bond motifs is 4. The van der Waals surface area contributed by atoms with E-state index in [9.17, 15) is 19.8 Å². The van der Waals surface area contributed by atoms with E-state index in [0.29, 0.717) is 32.1 Å². The lowest BCUT2D eigenvalue weighted by molar-refractivity contribution is -0.275. The predicted octanol–water partition coefficient (Wildman–Crippen LogP) is 2.19. The van der Waals surface area contributed by atoms with E-state index in [4.69, 9.17) is 18.9 Å². The van der Waals surface area contributed by atoms with E-state index >= 15 is 0 Å². The van der Waals surface area contributed by atoms with Crippen molar-refractivity contribution in [2.75, 3.05) is 7.11 Å². The van der Waals surface area contributed by atoms with Gasteiger partial charge in [-0.15, -0.1) is 0 Å². The van der Waals surface area contributed by atoms with Crippen LogP contribution >= 0.6 is 0 Å². The molecule has 14 atom stereocenters. The average molecular weight is 505 g/mol. The summed E-state index contributed by atoms with van der Waals surface area (Å²) < 4.78 is 23.8. The predicted molar refractivity (Wildman–Crippen MR) is 128 cm³/mol. The van der Waals surface area contributed by atoms with Gasteiger partial charge in [0.05, 0.1) is 30.5 Å². The van der Waals surface area contributed by atoms with E-state index in [0.717, 1.165) is 5.57 Å². The van der Waals surface area contributed by atoms with Gasteiger partial charge < -0.3 is 29.2 Å². The summed E-state index contributed by atoms with van der Waals surface area (Å²) in [5.41, 5.74) is 0.156. The van der Waals surface area contributed by atoms with Crippen LogP contribution in [-0.2, 0) is 28.5 Å². The van der Waals surface area contributed by atoms with E-state index < -0.39 is 53.7 Å². The highest BCUT2D eigenvalue weighted by Gasteiger charge is 2.72. The molecule has 0 spiro atoms. The van der Waals surface area contributed by atoms with E-state index in [2.05, 4.69) is 19.9 Å². The Balaban J connectivity index is 1.26. The van der Waals surface area contributed by atoms with Gasteiger partial charge in [-0.2, -0.15) is 0 Å². The van der Waals surface area contributed by atoms with Gasteiger partial charge in [-0.1, -0.05) is 25.5 Å². The van der Waals surface area contributed by atoms with Crippen LogP contribution in [0.2, 0.25) is 0 Å². The SMILES string of the molecule is CO[C@@H]1C[C@H](O[C@@H]2CC3=CC[C@H]4[C@H]5C(=O)C[C@H]6[C@@H](C)O[C@@H](C(=O)[C@@H]4[C@@]3(C)C[C@@H]2O)[C@@]56C)O[C@H](C)[C@@H]1O. The van der Waals surface area contributed by atoms with Gasteiger partial charge in [-0.05, 0) is 39.0 Å². The molecule has 2 saturated heterocycles. The van der Waals surface area contributed by atoms with Crippen molar-refractivity contribution < 1.29 is 38.7 Å². The third-order valence-electron chi connectivity index (χ3n) is 11.0. The van der Waals surface area contributed by atoms with Crippen molar-refractivity contribution in [3.63, 3.8) is 0 Å². The van der Waals surface area contributed by atoms with Gasteiger partial charge in [-0.25, -0.2) is 0 Å². The first-order valence-corrected chi connectivity index (χ1v) is 13.6. The second kappa shape index (κ2) is 8.42. The first-order valence-electron chi connectivity index (χ1n) is 13.6. The summed E-state index contributed by atoms with van der Waals surface area (Å²) in [5, 5.41) is 21.6. The Hall–Kier alpha value is -1.16. The number of ketones is 2. The topological polar surface area (TPSA) is 112 Å². The molecule has 0 aromatic rings. The molecule has 2 aliphatic heterocycles. The monoisotopic (exact) mass is 504 g/mol. The number of aliphatic hydroxyl groups excluding tert-OH is 2. The Morgan fingerprint density at radius 3 is 2.50 bits per heavy atom. The molecule has 2 N–H and O–H groups in total. The summed E-state index contributed by atoms with van der Waals surface area (Å²) in [5.74, 6) is -0.0656. The quantitative estimate of drug-likeness (QED) is 0.563. The van der Waals surface area contributed by atoms with Crippen LogP contribution in [0.4, 0.5) is 0 Å². The highest BCUT2D eigenvalue weighted by atomic mass is 16.7. The van der Waals surface area contributed by atoms with Crippen molar-refractivity contribution in [2.45, 2.75) is 109 Å². The van der Waals surface area contributed by atoms with Gasteiger partial charge in [0.1, 0.15) is 18.0 Å². The Morgan fingerprint density at radius 1 is 1.03 bits per heavy atom. The van der Waals surface area contributed by atoms with Crippen LogP contribution in [0, 0.1) is 34.5 Å². The van der Waals surface area contributed by atoms with E-state index in [-0.39, 0.29) is 41.3 Å². The molecule has 8 heteroatoms. The maximum absolute atomic E-state index is 14.1. The lowest BCUT2D eigenvalue weighted by Gasteiger charge is -2.57. The number of rotatable bonds is 3. The Kier molecular flexibility index (Phi) is 5.88. The molecule has 200 valence electrons. The first-order chi connectivity index (χ1) is 17.0. The second-order valence-corrected chi connectivity index (χ2v) is 12.7. The van der Waals surface area contributed by atoms with Gasteiger partial charge in [0.15, 0.2) is 12.1 Å². The van der Waals surface area contributed by atoms with Crippen LogP contribution in [0.1, 0.15) is 59.8 Å². The number of carbonyl (C=O) groups is 2. The molecule has 0 aromatic carbocycles. The standard InChI is InChI=1S/C28H40O8/c1-12-16-9-17(29)22-15-7-6-14-8-19(36-21-10-20(33-5)24(31)13(2)34-21)18(30)11-27(14,3)23(15)25(32)26(35-12)28(16,22)4/h6,12-13,15-16,18-24,26,30-31H,7-11H2,1-5H3/t12-,13-,15+,16+,18+,19-,20-,21+,22+,23-,24+,26+,27+,28-/m1/s1. The van der Waals surface area contributed by atoms with Crippen LogP contribution in [0.15, 0.2) is 11.6 Å². The third-order valence-corrected chi connectivity index (χ3v) is 11.0. The van der Waals surface area contributed by atoms with Crippen molar-refractivity contribution in [1.82, 2.24) is 0 Å². The Bertz CT molecular complexity index is 979. The summed E-state index contributed by atoms with van der Waals surface area (Å²) in [4.78, 5) is 27.4. The first kappa shape index (κ1) is 25.1. The van der Waals surface area contributed by atoms with E-state index in [1.807, 2.05) is 6.92 Å². The fourth-order valence-corrected chi connectivity index (χ4v) is 9.19. The van der Waals surface area contributed by atoms with Crippen LogP contribution < -0.4 is 0 Å². The molecule has 36 heavy (non-hydrogen) atoms. The summed E-state index contributed by atoms with van der Waals surface area (Å²) >= 11 is 0. The van der Waals surface area contributed by atoms with Gasteiger partial charge in [0.25, 0.3) is 0 Å². The summed E-state index contributed by atoms with van der Waals surface area (Å²) in [6.45, 7) is 7.97. The van der Waals surface area contributed by atoms with Gasteiger partial charge in [-0.3, -0.25) is 9.59 Å². The minimum atomic E-state index is -0.783. The third kappa shape index (κ3) is 3.27. The minimum absolute atomic E-state index is 0.0463. The van der Waals surface area contributed by atoms with Crippen molar-refractivity contribution >= 4 is 11.6 Å². The zero-order valence-electron chi connectivity index (χ0n) is 21.9. The van der Waals surface area contributed by atoms with Crippen LogP contribution in [0.3, 0.4) is 0 Å². The number of ether oxygens (including phenoxy) is 4. The molecule has 5 fully saturated rings. The minimum Gasteiger partial charge on any atom is -0.390 e. The van der Waals surface area contributed by atoms with E-state index in [1.165, 1.54) is 0 Å². The normalized spacial score (nSPS) is 56.1. The zero-order valence-corrected chi connectivity index (χ0v) is 21.9. The molecule has 8 nitrogen and oxygen atoms in total. The number of hydrogen-bond acceptors (Lipinski definition) is 8. The molecular weight excluding hydrogens is 464 g/mol. The average Bonchev–Trinajstić information content (AvgIpc) is 3.23. The van der Waals surface area contributed by atoms with Crippen molar-refractivity contribution in [2.24, 2.45) is 34.5 Å². The second-order valence-electron chi connectivity index (χ2n) is 12.7. The number of Topliss-reactive ketones (excluding diaryl/α,β-unsaturated/α-hetero) is 2. The number of aliphatic hydroxyl groups is 2. The smallest absolute Gasteiger partial charge is 0.166 e. The maximum Gasteiger partial charge on any atom is 0.166 e. The molecule has 0 bridgehead atoms. The fourth-order valence-electron chi connectivity index (χ4n) is 9.19. The highest BCUT2D eigenvalue weighted by molar-refractivity contribution is 5.96. The van der Waals surface area contributed by atoms with Gasteiger partial charge >= 0.3 is 0 Å². The molecule has 0 amide bonds. The zero-order chi connectivity index (χ0) is 25.7. The van der Waals surface area contributed by atoms with Crippen molar-refractivity contribution in [3.05, 3.63) is 11.6 Å². The maximum atomic E-state index is 14.1. The summed E-state index contributed by atoms with van der Waals surface area (Å²) in [7, 11) is 1.56. The molecule has 3 saturated carbocycles. The molecular formula is C28H40O8. The highest BCUT2D eigenvalue weighted by Crippen LogP contribution is 2.67. The molecule has 6 aliphatic rings. The van der Waals surface area contributed by atoms with Gasteiger partial charge in [0.2, 0.25) is 0 Å². The fraction of sp³-hybridized carbons (Fsp3) is 0.857. The van der Waals surface area contributed by atoms with E-state index in [1.54, 1.807) is 14.0 Å². The molecule has 6 rings (SSSR count). The number of hydrogen-bond donors (Lipinski definition) is 2. The lowest BCUT2D eigenvalue weighted by Crippen LogP contribution is -2.62. The summed E-state index contributed by atoms with van der Waals surface area (Å²) in [6, 6.07) is 0. The van der Waals surface area contributed by atoms with Crippen molar-refractivity contribution in [1.29, 1.82) is 0 Å². The van der Waals surface area contributed by atoms with Crippen molar-refractivity contribution in [3.8, 4) is 0 Å². The van der Waals surface area contributed by atoms with Crippen LogP contribution in [-0.4, -0.2) is 77.9 Å². The molecule has 0 radical (unpaired) electrons. The number of methoxy groups -OCH3 is 1. The summed E-state index contributed by atoms with van der Waals surface area (Å²) in [6.07, 6.45) is 0.620. The Labute approximate surface area is 212 Å². The molecule has 4 aliphatic carbocycles. The van der Waals surface area contributed by atoms with Gasteiger partial charge in [0, 0.05) is 48.5 Å². The van der Waals surface area contributed by atoms with Crippen LogP contribution in [0.25, 0.3) is 0 Å². The number of allylic oxidation sites excluding steroid dienone is 1. The molecule has 2 heterocycles. The number of carbonyl (C=O) groups excluding carboxylic acids is 2. The molecule has 0 unspecified atom stereocenters. The lowest BCUT2D eigenvalue weighted by atomic mass is 9.46. The largest absolute Gasteiger partial charge is 0.390 e.